The van der Waals surface area contributed by atoms with Crippen LogP contribution in [0.4, 0.5) is 0 Å². The molecule has 6 aliphatic rings. The number of hydrogen-bond donors (Lipinski definition) is 24. The number of nitrogens with one attached hydrogen (secondary N) is 3. The SMILES string of the molecule is CCCCCCCCCCCCCCCCCCCCCCC(=O)NC(COC1OC(CO)C(OC2OC(CO)C(OC3OC(CO)C(O)C(OC4OC(CO)C(O)C(O)C4O)C3CC(C)=O)C(OC3(C(=O)O)CC(O)C(NC(C)=O)C(C(O)C(CO)OC4(C(=O)O)CC(O)C(NC(C)=O)C(C(O)C(O)CO)O4)O3)C2O)C(O)C1O)C(O)CCCCCCCCCCCCCCC. The first-order valence-electron chi connectivity index (χ1n) is 48.3. The van der Waals surface area contributed by atoms with Gasteiger partial charge >= 0.3 is 11.9 Å². The van der Waals surface area contributed by atoms with E-state index in [0.29, 0.717) is 12.8 Å². The topological polar surface area (TPSA) is 674 Å². The van der Waals surface area contributed by atoms with Crippen LogP contribution in [-0.4, -0.2) is 390 Å². The van der Waals surface area contributed by atoms with Crippen LogP contribution in [0, 0.1) is 5.92 Å². The van der Waals surface area contributed by atoms with Crippen LogP contribution >= 0.6 is 0 Å². The van der Waals surface area contributed by atoms with Crippen LogP contribution in [0.25, 0.3) is 0 Å². The van der Waals surface area contributed by atoms with Crippen LogP contribution in [0.1, 0.15) is 279 Å². The minimum Gasteiger partial charge on any atom is -0.477 e. The lowest BCUT2D eigenvalue weighted by Gasteiger charge is -2.53. The van der Waals surface area contributed by atoms with Crippen LogP contribution < -0.4 is 16.0 Å². The number of ether oxygens (including phenoxy) is 12. The van der Waals surface area contributed by atoms with Gasteiger partial charge in [0.05, 0.1) is 88.8 Å². The fourth-order valence-electron chi connectivity index (χ4n) is 18.3. The van der Waals surface area contributed by atoms with Crippen molar-refractivity contribution in [3.8, 4) is 0 Å². The molecule has 0 radical (unpaired) electrons. The largest absolute Gasteiger partial charge is 0.477 e. The Balaban J connectivity index is 1.29. The standard InChI is InChI=1S/C90H161N3O39/c1-6-8-10-12-14-16-18-20-21-22-23-24-25-26-28-30-32-34-36-38-40-65(107)93-55(56(103)39-37-35-33-31-29-27-19-17-15-13-11-9-7-2)50-121-84-75(115)73(113)78(63(48-98)124-84)127-86-76(116)82(79(64(49-99)125-86)128-83-54(41-51(3)100)77(70(110)61(46-96)122-83)126-85-74(114)72(112)69(109)60(45-95)123-85)132-90(88(119)120)43-58(105)67(92-53(5)102)81(131-90)71(111)62(47-97)129-89(87(117)118)42-57(104)66(91-52(4)101)80(130-89)68(108)59(106)44-94/h54-64,66-86,94-99,103-106,108-116H,6-50H2,1-5H3,(H,91,101)(H,92,102)(H,93,107)(H,117,118)(H,119,120). The van der Waals surface area contributed by atoms with Crippen molar-refractivity contribution in [1.82, 2.24) is 16.0 Å². The molecule has 770 valence electrons. The summed E-state index contributed by atoms with van der Waals surface area (Å²) in [5.74, 6) is -16.5. The van der Waals surface area contributed by atoms with Crippen LogP contribution in [0.15, 0.2) is 0 Å². The number of aliphatic carboxylic acids is 2. The van der Waals surface area contributed by atoms with Crippen molar-refractivity contribution >= 4 is 35.4 Å². The number of unbranched alkanes of at least 4 members (excludes halogenated alkanes) is 31. The highest BCUT2D eigenvalue weighted by molar-refractivity contribution is 5.78. The van der Waals surface area contributed by atoms with Gasteiger partial charge in [0.2, 0.25) is 17.7 Å². The predicted molar refractivity (Wildman–Crippen MR) is 464 cm³/mol. The summed E-state index contributed by atoms with van der Waals surface area (Å²) in [5.41, 5.74) is 0. The molecule has 0 bridgehead atoms. The van der Waals surface area contributed by atoms with Crippen molar-refractivity contribution in [2.45, 2.75) is 480 Å². The fraction of sp³-hybridized carbons (Fsp3) is 0.933. The maximum atomic E-state index is 14.5. The van der Waals surface area contributed by atoms with E-state index in [1.54, 1.807) is 0 Å². The second-order valence-electron chi connectivity index (χ2n) is 36.7. The van der Waals surface area contributed by atoms with Gasteiger partial charge in [-0.05, 0) is 19.8 Å². The maximum Gasteiger partial charge on any atom is 0.364 e. The molecule has 0 saturated carbocycles. The van der Waals surface area contributed by atoms with Crippen LogP contribution in [-0.2, 0) is 85.6 Å². The summed E-state index contributed by atoms with van der Waals surface area (Å²) in [5, 5.41) is 246. The summed E-state index contributed by atoms with van der Waals surface area (Å²) in [7, 11) is 0. The average Bonchev–Trinajstić information content (AvgIpc) is 0.742. The molecule has 0 aromatic heterocycles. The second kappa shape index (κ2) is 60.7. The molecular formula is C90H161N3O39. The number of carbonyl (C=O) groups excluding carboxylic acids is 4. The van der Waals surface area contributed by atoms with Gasteiger partial charge in [0.25, 0.3) is 11.6 Å². The number of rotatable bonds is 66. The van der Waals surface area contributed by atoms with Crippen molar-refractivity contribution in [2.75, 3.05) is 46.2 Å². The van der Waals surface area contributed by atoms with Crippen LogP contribution in [0.5, 0.6) is 0 Å². The number of ketones is 1. The molecule has 42 nitrogen and oxygen atoms in total. The molecule has 42 heteroatoms. The highest BCUT2D eigenvalue weighted by Crippen LogP contribution is 2.44. The summed E-state index contributed by atoms with van der Waals surface area (Å²) in [4.78, 5) is 80.7. The number of carboxylic acids is 2. The van der Waals surface area contributed by atoms with E-state index in [9.17, 15) is 136 Å². The van der Waals surface area contributed by atoms with E-state index >= 15 is 0 Å². The molecule has 24 N–H and O–H groups in total. The minimum atomic E-state index is -3.67. The lowest BCUT2D eigenvalue weighted by atomic mass is 9.86. The third-order valence-corrected chi connectivity index (χ3v) is 26.0. The number of aliphatic hydroxyl groups excluding tert-OH is 19. The Morgan fingerprint density at radius 1 is 0.402 bits per heavy atom. The number of amides is 3. The van der Waals surface area contributed by atoms with Gasteiger partial charge in [-0.15, -0.1) is 0 Å². The average molecular weight is 1910 g/mol. The van der Waals surface area contributed by atoms with Gasteiger partial charge in [-0.2, -0.15) is 0 Å². The number of hydrogen-bond acceptors (Lipinski definition) is 37. The van der Waals surface area contributed by atoms with Gasteiger partial charge in [-0.1, -0.05) is 219 Å². The monoisotopic (exact) mass is 1910 g/mol. The van der Waals surface area contributed by atoms with Crippen molar-refractivity contribution in [1.29, 1.82) is 0 Å². The Morgan fingerprint density at radius 2 is 0.795 bits per heavy atom. The van der Waals surface area contributed by atoms with Gasteiger partial charge in [0.15, 0.2) is 25.2 Å². The smallest absolute Gasteiger partial charge is 0.364 e. The summed E-state index contributed by atoms with van der Waals surface area (Å²) in [6.07, 6.45) is -26.9. The normalized spacial score (nSPS) is 34.2. The summed E-state index contributed by atoms with van der Waals surface area (Å²) >= 11 is 0. The number of aliphatic hydroxyl groups is 19. The molecule has 6 heterocycles. The Morgan fingerprint density at radius 3 is 1.25 bits per heavy atom. The zero-order valence-electron chi connectivity index (χ0n) is 77.5. The van der Waals surface area contributed by atoms with E-state index in [1.165, 1.54) is 128 Å². The number of Topliss-reactive ketones (excluding diaryl/α,β-unsaturated/α-hetero) is 1. The quantitative estimate of drug-likeness (QED) is 0.0338. The zero-order chi connectivity index (χ0) is 97.4. The van der Waals surface area contributed by atoms with Gasteiger partial charge in [-0.25, -0.2) is 9.59 Å². The molecule has 34 unspecified atom stereocenters. The maximum absolute atomic E-state index is 14.5. The minimum absolute atomic E-state index is 0.113. The Kier molecular flexibility index (Phi) is 53.6. The first kappa shape index (κ1) is 116. The molecule has 0 aromatic rings. The van der Waals surface area contributed by atoms with Crippen molar-refractivity contribution in [2.24, 2.45) is 5.92 Å². The van der Waals surface area contributed by atoms with Crippen molar-refractivity contribution < 1.29 is 193 Å². The fourth-order valence-corrected chi connectivity index (χ4v) is 18.3. The van der Waals surface area contributed by atoms with Gasteiger partial charge in [0.1, 0.15) is 128 Å². The lowest BCUT2D eigenvalue weighted by molar-refractivity contribution is -0.407. The van der Waals surface area contributed by atoms with E-state index in [1.807, 2.05) is 0 Å². The Labute approximate surface area is 773 Å². The number of carbonyl (C=O) groups is 6. The highest BCUT2D eigenvalue weighted by atomic mass is 16.8. The molecule has 0 spiro atoms. The lowest BCUT2D eigenvalue weighted by Crippen LogP contribution is -2.72. The van der Waals surface area contributed by atoms with E-state index < -0.39 is 308 Å². The van der Waals surface area contributed by atoms with E-state index in [-0.39, 0.29) is 12.8 Å². The number of carboxylic acid groups (broad SMARTS) is 2. The zero-order valence-corrected chi connectivity index (χ0v) is 77.5. The highest BCUT2D eigenvalue weighted by Gasteiger charge is 2.64. The molecule has 6 fully saturated rings. The molecule has 3 amide bonds. The van der Waals surface area contributed by atoms with Crippen LogP contribution in [0.2, 0.25) is 0 Å². The first-order valence-corrected chi connectivity index (χ1v) is 48.3. The Hall–Kier alpha value is -4.22. The molecule has 34 atom stereocenters. The third kappa shape index (κ3) is 35.2. The molecular weight excluding hydrogens is 1750 g/mol. The van der Waals surface area contributed by atoms with Gasteiger partial charge < -0.3 is 185 Å². The third-order valence-electron chi connectivity index (χ3n) is 26.0. The second-order valence-corrected chi connectivity index (χ2v) is 36.7. The van der Waals surface area contributed by atoms with Gasteiger partial charge in [-0.3, -0.25) is 14.4 Å². The molecule has 0 aliphatic carbocycles. The molecule has 6 rings (SSSR count). The summed E-state index contributed by atoms with van der Waals surface area (Å²) in [6, 6.07) is -5.01. The molecule has 0 aromatic carbocycles. The summed E-state index contributed by atoms with van der Waals surface area (Å²) in [6.45, 7) is -0.669. The molecule has 6 saturated heterocycles. The summed E-state index contributed by atoms with van der Waals surface area (Å²) < 4.78 is 72.7. The molecule has 6 aliphatic heterocycles. The van der Waals surface area contributed by atoms with Gasteiger partial charge in [0, 0.05) is 45.4 Å². The van der Waals surface area contributed by atoms with Crippen molar-refractivity contribution in [3.63, 3.8) is 0 Å². The molecule has 132 heavy (non-hydrogen) atoms. The van der Waals surface area contributed by atoms with Crippen LogP contribution in [0.3, 0.4) is 0 Å². The predicted octanol–water partition coefficient (Wildman–Crippen LogP) is -0.604. The first-order chi connectivity index (χ1) is 63.1. The van der Waals surface area contributed by atoms with E-state index in [2.05, 4.69) is 29.8 Å². The van der Waals surface area contributed by atoms with Crippen molar-refractivity contribution in [3.05, 3.63) is 0 Å². The Bertz CT molecular complexity index is 3240. The van der Waals surface area contributed by atoms with E-state index in [4.69, 9.17) is 56.8 Å². The van der Waals surface area contributed by atoms with E-state index in [0.717, 1.165) is 91.4 Å².